The van der Waals surface area contributed by atoms with Gasteiger partial charge in [0.2, 0.25) is 0 Å². The van der Waals surface area contributed by atoms with Crippen molar-refractivity contribution < 1.29 is 13.2 Å². The third-order valence-corrected chi connectivity index (χ3v) is 3.41. The summed E-state index contributed by atoms with van der Waals surface area (Å²) < 4.78 is 37.4. The van der Waals surface area contributed by atoms with Crippen LogP contribution in [0.4, 0.5) is 13.2 Å². The summed E-state index contributed by atoms with van der Waals surface area (Å²) in [6, 6.07) is 6.19. The van der Waals surface area contributed by atoms with Crippen LogP contribution in [0, 0.1) is 0 Å². The molecule has 1 aromatic rings. The highest BCUT2D eigenvalue weighted by Gasteiger charge is 2.57. The molecule has 0 amide bonds. The number of alkyl halides is 3. The standard InChI is InChI=1S/C11H10F3N/c12-11(13,14)8-3-1-2-7(4-8)10-5-9(6-10)15-10/h1-4,9,15H,5-6H2. The molecule has 1 aliphatic carbocycles. The Hall–Kier alpha value is -1.03. The molecule has 4 rings (SSSR count). The van der Waals surface area contributed by atoms with Gasteiger partial charge in [-0.1, -0.05) is 12.1 Å². The van der Waals surface area contributed by atoms with Crippen molar-refractivity contribution in [1.82, 2.24) is 5.32 Å². The largest absolute Gasteiger partial charge is 0.416 e. The normalized spacial score (nSPS) is 33.1. The Bertz CT molecular complexity index is 394. The Balaban J connectivity index is 1.96. The summed E-state index contributed by atoms with van der Waals surface area (Å²) in [6.45, 7) is 0. The van der Waals surface area contributed by atoms with E-state index in [-0.39, 0.29) is 5.54 Å². The molecule has 1 saturated carbocycles. The van der Waals surface area contributed by atoms with E-state index in [9.17, 15) is 13.2 Å². The lowest BCUT2D eigenvalue weighted by molar-refractivity contribution is -0.137. The molecule has 3 fully saturated rings. The molecule has 3 aliphatic rings. The van der Waals surface area contributed by atoms with Crippen molar-refractivity contribution in [1.29, 1.82) is 0 Å². The van der Waals surface area contributed by atoms with Crippen LogP contribution in [0.5, 0.6) is 0 Å². The first-order valence-corrected chi connectivity index (χ1v) is 4.95. The summed E-state index contributed by atoms with van der Waals surface area (Å²) in [5.74, 6) is 0. The van der Waals surface area contributed by atoms with Gasteiger partial charge >= 0.3 is 6.18 Å². The van der Waals surface area contributed by atoms with Crippen molar-refractivity contribution in [2.24, 2.45) is 0 Å². The molecule has 0 spiro atoms. The molecule has 0 radical (unpaired) electrons. The van der Waals surface area contributed by atoms with E-state index in [2.05, 4.69) is 5.32 Å². The lowest BCUT2D eigenvalue weighted by Gasteiger charge is -2.63. The van der Waals surface area contributed by atoms with Gasteiger partial charge in [0.05, 0.1) is 5.56 Å². The fraction of sp³-hybridized carbons (Fsp3) is 0.455. The Kier molecular flexibility index (Phi) is 1.57. The van der Waals surface area contributed by atoms with Crippen molar-refractivity contribution in [3.63, 3.8) is 0 Å². The van der Waals surface area contributed by atoms with Gasteiger partial charge in [0.1, 0.15) is 0 Å². The summed E-state index contributed by atoms with van der Waals surface area (Å²) in [7, 11) is 0. The van der Waals surface area contributed by atoms with Gasteiger partial charge < -0.3 is 5.32 Å². The number of halogens is 3. The molecule has 0 unspecified atom stereocenters. The predicted octanol–water partition coefficient (Wildman–Crippen LogP) is 2.67. The maximum Gasteiger partial charge on any atom is 0.416 e. The molecular weight excluding hydrogens is 203 g/mol. The van der Waals surface area contributed by atoms with E-state index in [0.29, 0.717) is 6.04 Å². The van der Waals surface area contributed by atoms with E-state index in [0.717, 1.165) is 24.5 Å². The first-order chi connectivity index (χ1) is 7.00. The summed E-state index contributed by atoms with van der Waals surface area (Å²) in [4.78, 5) is 0. The molecule has 0 atom stereocenters. The molecule has 2 aliphatic heterocycles. The SMILES string of the molecule is FC(F)(F)c1cccc(C23CC(C2)N3)c1. The van der Waals surface area contributed by atoms with Gasteiger partial charge in [0, 0.05) is 11.6 Å². The van der Waals surface area contributed by atoms with Crippen molar-refractivity contribution in [3.8, 4) is 0 Å². The summed E-state index contributed by atoms with van der Waals surface area (Å²) in [5.41, 5.74) is 0.0951. The van der Waals surface area contributed by atoms with Crippen LogP contribution in [0.2, 0.25) is 0 Å². The molecule has 2 bridgehead atoms. The fourth-order valence-electron chi connectivity index (χ4n) is 2.44. The predicted molar refractivity (Wildman–Crippen MR) is 49.3 cm³/mol. The number of hydrogen-bond acceptors (Lipinski definition) is 1. The highest BCUT2D eigenvalue weighted by atomic mass is 19.4. The quantitative estimate of drug-likeness (QED) is 0.756. The first kappa shape index (κ1) is 9.21. The maximum absolute atomic E-state index is 12.5. The zero-order valence-electron chi connectivity index (χ0n) is 7.93. The first-order valence-electron chi connectivity index (χ1n) is 4.95. The molecule has 80 valence electrons. The third-order valence-electron chi connectivity index (χ3n) is 3.41. The minimum Gasteiger partial charge on any atom is -0.304 e. The Morgan fingerprint density at radius 2 is 1.93 bits per heavy atom. The molecular formula is C11H10F3N. The molecule has 0 aromatic heterocycles. The molecule has 4 heteroatoms. The summed E-state index contributed by atoms with van der Waals surface area (Å²) in [5, 5.41) is 3.25. The van der Waals surface area contributed by atoms with Crippen LogP contribution in [-0.4, -0.2) is 6.04 Å². The highest BCUT2D eigenvalue weighted by Crippen LogP contribution is 2.52. The number of rotatable bonds is 1. The lowest BCUT2D eigenvalue weighted by Crippen LogP contribution is -2.74. The van der Waals surface area contributed by atoms with E-state index in [1.807, 2.05) is 0 Å². The second-order valence-electron chi connectivity index (χ2n) is 4.41. The number of nitrogens with one attached hydrogen (secondary N) is 1. The lowest BCUT2D eigenvalue weighted by atomic mass is 9.59. The van der Waals surface area contributed by atoms with Gasteiger partial charge in [-0.3, -0.25) is 0 Å². The summed E-state index contributed by atoms with van der Waals surface area (Å²) in [6.07, 6.45) is -2.28. The van der Waals surface area contributed by atoms with Crippen LogP contribution in [0.1, 0.15) is 24.0 Å². The Labute approximate surface area is 85.3 Å². The van der Waals surface area contributed by atoms with Crippen LogP contribution in [-0.2, 0) is 11.7 Å². The topological polar surface area (TPSA) is 12.0 Å². The van der Waals surface area contributed by atoms with E-state index in [4.69, 9.17) is 0 Å². The van der Waals surface area contributed by atoms with Gasteiger partial charge in [-0.15, -0.1) is 0 Å². The second kappa shape index (κ2) is 2.55. The van der Waals surface area contributed by atoms with Crippen LogP contribution in [0.15, 0.2) is 24.3 Å². The van der Waals surface area contributed by atoms with Gasteiger partial charge in [0.15, 0.2) is 0 Å². The highest BCUT2D eigenvalue weighted by molar-refractivity contribution is 5.38. The fourth-order valence-corrected chi connectivity index (χ4v) is 2.44. The van der Waals surface area contributed by atoms with Gasteiger partial charge in [-0.2, -0.15) is 13.2 Å². The van der Waals surface area contributed by atoms with Crippen LogP contribution < -0.4 is 5.32 Å². The molecule has 2 heterocycles. The van der Waals surface area contributed by atoms with Crippen LogP contribution >= 0.6 is 0 Å². The second-order valence-corrected chi connectivity index (χ2v) is 4.41. The smallest absolute Gasteiger partial charge is 0.304 e. The monoisotopic (exact) mass is 213 g/mol. The van der Waals surface area contributed by atoms with E-state index >= 15 is 0 Å². The van der Waals surface area contributed by atoms with Crippen molar-refractivity contribution in [2.75, 3.05) is 0 Å². The van der Waals surface area contributed by atoms with Gasteiger partial charge in [0.25, 0.3) is 0 Å². The van der Waals surface area contributed by atoms with E-state index in [1.165, 1.54) is 12.1 Å². The number of hydrogen-bond donors (Lipinski definition) is 1. The molecule has 2 saturated heterocycles. The minimum atomic E-state index is -4.24. The zero-order chi connectivity index (χ0) is 10.7. The van der Waals surface area contributed by atoms with Gasteiger partial charge in [-0.05, 0) is 30.5 Å². The Morgan fingerprint density at radius 3 is 2.40 bits per heavy atom. The van der Waals surface area contributed by atoms with E-state index < -0.39 is 11.7 Å². The Morgan fingerprint density at radius 1 is 1.27 bits per heavy atom. The van der Waals surface area contributed by atoms with E-state index in [1.54, 1.807) is 6.07 Å². The summed E-state index contributed by atoms with van der Waals surface area (Å²) >= 11 is 0. The van der Waals surface area contributed by atoms with Gasteiger partial charge in [-0.25, -0.2) is 0 Å². The van der Waals surface area contributed by atoms with Crippen LogP contribution in [0.25, 0.3) is 0 Å². The van der Waals surface area contributed by atoms with Crippen LogP contribution in [0.3, 0.4) is 0 Å². The van der Waals surface area contributed by atoms with Crippen molar-refractivity contribution in [3.05, 3.63) is 35.4 Å². The molecule has 1 nitrogen and oxygen atoms in total. The average Bonchev–Trinajstić information content (AvgIpc) is 1.97. The minimum absolute atomic E-state index is 0.133. The molecule has 1 aromatic carbocycles. The average molecular weight is 213 g/mol. The van der Waals surface area contributed by atoms with Crippen molar-refractivity contribution in [2.45, 2.75) is 30.6 Å². The zero-order valence-corrected chi connectivity index (χ0v) is 7.93. The number of benzene rings is 1. The molecule has 1 N–H and O–H groups in total. The molecule has 15 heavy (non-hydrogen) atoms. The maximum atomic E-state index is 12.5. The van der Waals surface area contributed by atoms with Crippen molar-refractivity contribution >= 4 is 0 Å². The third kappa shape index (κ3) is 1.21.